The minimum absolute atomic E-state index is 0.0168. The zero-order valence-corrected chi connectivity index (χ0v) is 22.7. The summed E-state index contributed by atoms with van der Waals surface area (Å²) in [4.78, 5) is 27.5. The Labute approximate surface area is 216 Å². The largest absolute Gasteiger partial charge is 0.486 e. The first kappa shape index (κ1) is 27.9. The van der Waals surface area contributed by atoms with Gasteiger partial charge in [-0.2, -0.15) is 4.31 Å². The van der Waals surface area contributed by atoms with E-state index in [1.165, 1.54) is 11.4 Å². The molecule has 0 radical (unpaired) electrons. The van der Waals surface area contributed by atoms with Crippen molar-refractivity contribution in [3.05, 3.63) is 41.3 Å². The van der Waals surface area contributed by atoms with Crippen LogP contribution in [0.25, 0.3) is 0 Å². The van der Waals surface area contributed by atoms with Crippen LogP contribution in [0, 0.1) is 5.92 Å². The highest BCUT2D eigenvalue weighted by molar-refractivity contribution is 7.91. The first-order valence-electron chi connectivity index (χ1n) is 11.7. The molecule has 0 bridgehead atoms. The molecule has 1 aliphatic rings. The fraction of sp³-hybridized carbons (Fsp3) is 0.500. The molecule has 1 aromatic carbocycles. The van der Waals surface area contributed by atoms with E-state index in [1.807, 2.05) is 20.8 Å². The number of nitrogens with one attached hydrogen (secondary N) is 2. The molecule has 0 fully saturated rings. The molecule has 3 N–H and O–H groups in total. The fourth-order valence-electron chi connectivity index (χ4n) is 3.90. The van der Waals surface area contributed by atoms with E-state index in [0.29, 0.717) is 5.69 Å². The Morgan fingerprint density at radius 3 is 2.61 bits per heavy atom. The molecule has 1 aliphatic heterocycles. The number of sulfonamides is 1. The molecule has 36 heavy (non-hydrogen) atoms. The van der Waals surface area contributed by atoms with Gasteiger partial charge in [-0.05, 0) is 44.4 Å². The molecule has 1 aromatic heterocycles. The molecular formula is C24H34N4O6S2. The van der Waals surface area contributed by atoms with Crippen LogP contribution in [0.5, 0.6) is 5.75 Å². The Morgan fingerprint density at radius 1 is 1.28 bits per heavy atom. The second-order valence-corrected chi connectivity index (χ2v) is 12.5. The highest BCUT2D eigenvalue weighted by Gasteiger charge is 2.36. The van der Waals surface area contributed by atoms with Crippen LogP contribution in [0.15, 0.2) is 39.9 Å². The summed E-state index contributed by atoms with van der Waals surface area (Å²) in [6, 6.07) is 7.05. The number of rotatable bonds is 8. The van der Waals surface area contributed by atoms with Crippen molar-refractivity contribution < 1.29 is 27.9 Å². The van der Waals surface area contributed by atoms with Gasteiger partial charge < -0.3 is 25.4 Å². The van der Waals surface area contributed by atoms with Gasteiger partial charge in [-0.1, -0.05) is 19.1 Å². The number of carbonyl (C=O) groups is 2. The van der Waals surface area contributed by atoms with Gasteiger partial charge in [-0.15, -0.1) is 11.3 Å². The number of amides is 3. The Kier molecular flexibility index (Phi) is 8.98. The van der Waals surface area contributed by atoms with Crippen LogP contribution in [0.1, 0.15) is 38.1 Å². The summed E-state index contributed by atoms with van der Waals surface area (Å²) in [5, 5.41) is 17.0. The fourth-order valence-corrected chi connectivity index (χ4v) is 6.28. The monoisotopic (exact) mass is 538 g/mol. The van der Waals surface area contributed by atoms with Crippen molar-refractivity contribution in [2.45, 2.75) is 50.1 Å². The maximum absolute atomic E-state index is 13.5. The van der Waals surface area contributed by atoms with E-state index in [0.717, 1.165) is 11.3 Å². The van der Waals surface area contributed by atoms with Gasteiger partial charge in [0.1, 0.15) is 10.3 Å². The number of para-hydroxylation sites is 1. The topological polar surface area (TPSA) is 128 Å². The second kappa shape index (κ2) is 11.6. The van der Waals surface area contributed by atoms with Crippen molar-refractivity contribution in [3.8, 4) is 5.75 Å². The van der Waals surface area contributed by atoms with Crippen molar-refractivity contribution in [1.82, 2.24) is 14.5 Å². The Hall–Kier alpha value is -2.67. The van der Waals surface area contributed by atoms with Crippen molar-refractivity contribution in [1.29, 1.82) is 0 Å². The maximum Gasteiger partial charge on any atom is 0.319 e. The van der Waals surface area contributed by atoms with Gasteiger partial charge in [-0.3, -0.25) is 4.79 Å². The van der Waals surface area contributed by atoms with Crippen LogP contribution < -0.4 is 15.4 Å². The average molecular weight is 539 g/mol. The van der Waals surface area contributed by atoms with Gasteiger partial charge in [0.05, 0.1) is 30.4 Å². The Balaban J connectivity index is 2.02. The number of aliphatic hydroxyl groups excluding tert-OH is 1. The molecule has 10 nitrogen and oxygen atoms in total. The molecule has 198 valence electrons. The third-order valence-corrected chi connectivity index (χ3v) is 9.15. The van der Waals surface area contributed by atoms with Crippen LogP contribution in [-0.2, 0) is 10.0 Å². The summed E-state index contributed by atoms with van der Waals surface area (Å²) in [7, 11) is -2.24. The van der Waals surface area contributed by atoms with E-state index in [-0.39, 0.29) is 53.1 Å². The van der Waals surface area contributed by atoms with Gasteiger partial charge in [0.2, 0.25) is 0 Å². The number of hydrogen-bond acceptors (Lipinski definition) is 7. The van der Waals surface area contributed by atoms with Crippen LogP contribution in [-0.4, -0.2) is 79.6 Å². The molecule has 3 amide bonds. The zero-order valence-electron chi connectivity index (χ0n) is 21.1. The van der Waals surface area contributed by atoms with E-state index >= 15 is 0 Å². The first-order valence-corrected chi connectivity index (χ1v) is 14.1. The van der Waals surface area contributed by atoms with E-state index < -0.39 is 28.2 Å². The van der Waals surface area contributed by atoms with Gasteiger partial charge in [0.15, 0.2) is 5.75 Å². The van der Waals surface area contributed by atoms with Crippen LogP contribution in [0.2, 0.25) is 0 Å². The molecule has 0 unspecified atom stereocenters. The van der Waals surface area contributed by atoms with Crippen LogP contribution in [0.4, 0.5) is 10.5 Å². The number of benzene rings is 1. The smallest absolute Gasteiger partial charge is 0.319 e. The Morgan fingerprint density at radius 2 is 2.00 bits per heavy atom. The number of aliphatic hydroxyl groups is 1. The van der Waals surface area contributed by atoms with E-state index in [2.05, 4.69) is 10.6 Å². The summed E-state index contributed by atoms with van der Waals surface area (Å²) in [6.07, 6.45) is -0.652. The predicted molar refractivity (Wildman–Crippen MR) is 139 cm³/mol. The lowest BCUT2D eigenvalue weighted by molar-refractivity contribution is 0.0389. The molecule has 0 saturated carbocycles. The normalized spacial score (nSPS) is 19.3. The lowest BCUT2D eigenvalue weighted by Crippen LogP contribution is -2.50. The number of thiophene rings is 1. The van der Waals surface area contributed by atoms with Crippen molar-refractivity contribution in [2.24, 2.45) is 5.92 Å². The number of nitrogens with zero attached hydrogens (tertiary/aromatic N) is 2. The molecular weight excluding hydrogens is 504 g/mol. The number of urea groups is 1. The van der Waals surface area contributed by atoms with E-state index in [1.54, 1.807) is 47.5 Å². The summed E-state index contributed by atoms with van der Waals surface area (Å²) >= 11 is 1.13. The predicted octanol–water partition coefficient (Wildman–Crippen LogP) is 2.82. The van der Waals surface area contributed by atoms with Gasteiger partial charge in [0, 0.05) is 25.6 Å². The summed E-state index contributed by atoms with van der Waals surface area (Å²) in [6.45, 7) is 7.29. The number of fused-ring (bicyclic) bond motifs is 1. The third kappa shape index (κ3) is 6.17. The van der Waals surface area contributed by atoms with Crippen LogP contribution in [0.3, 0.4) is 0 Å². The first-order chi connectivity index (χ1) is 16.9. The van der Waals surface area contributed by atoms with Gasteiger partial charge in [-0.25, -0.2) is 13.2 Å². The molecule has 0 saturated heterocycles. The van der Waals surface area contributed by atoms with Crippen molar-refractivity contribution in [2.75, 3.05) is 32.1 Å². The summed E-state index contributed by atoms with van der Waals surface area (Å²) in [5.41, 5.74) is 0.511. The number of ether oxygens (including phenoxy) is 1. The standard InChI is InChI=1S/C24H34N4O6S2/c1-15(2)25-24(31)26-19-9-6-8-18-22(19)34-20(16(3)12-28(23(18)30)17(4)14-29)13-27(5)36(32,33)21-10-7-11-35-21/h6-11,15-17,20,29H,12-14H2,1-5H3,(H2,25,26,31)/t16-,17-,20-/m0/s1. The zero-order chi connectivity index (χ0) is 26.6. The molecule has 3 rings (SSSR count). The maximum atomic E-state index is 13.5. The molecule has 0 aliphatic carbocycles. The lowest BCUT2D eigenvalue weighted by atomic mass is 9.99. The molecule has 2 heterocycles. The number of anilines is 1. The van der Waals surface area contributed by atoms with Crippen molar-refractivity contribution in [3.63, 3.8) is 0 Å². The quantitative estimate of drug-likeness (QED) is 0.474. The second-order valence-electron chi connectivity index (χ2n) is 9.28. The molecule has 0 spiro atoms. The average Bonchev–Trinajstić information content (AvgIpc) is 3.36. The Bertz CT molecular complexity index is 1170. The molecule has 3 atom stereocenters. The summed E-state index contributed by atoms with van der Waals surface area (Å²) < 4.78 is 34.0. The van der Waals surface area contributed by atoms with E-state index in [4.69, 9.17) is 4.74 Å². The molecule has 12 heteroatoms. The number of carbonyl (C=O) groups excluding carboxylic acids is 2. The highest BCUT2D eigenvalue weighted by atomic mass is 32.2. The van der Waals surface area contributed by atoms with Crippen molar-refractivity contribution >= 4 is 39.0 Å². The minimum atomic E-state index is -3.73. The lowest BCUT2D eigenvalue weighted by Gasteiger charge is -2.38. The number of likely N-dealkylation sites (N-methyl/N-ethyl adjacent to an activating group) is 1. The minimum Gasteiger partial charge on any atom is -0.486 e. The van der Waals surface area contributed by atoms with Gasteiger partial charge in [0.25, 0.3) is 15.9 Å². The van der Waals surface area contributed by atoms with Crippen LogP contribution >= 0.6 is 11.3 Å². The molecule has 2 aromatic rings. The SMILES string of the molecule is CC(C)NC(=O)Nc1cccc2c1O[C@@H](CN(C)S(=O)(=O)c1cccs1)[C@@H](C)CN([C@@H](C)CO)C2=O. The van der Waals surface area contributed by atoms with Gasteiger partial charge >= 0.3 is 6.03 Å². The number of hydrogen-bond donors (Lipinski definition) is 3. The third-order valence-electron chi connectivity index (χ3n) is 5.96. The van der Waals surface area contributed by atoms with E-state index in [9.17, 15) is 23.1 Å². The summed E-state index contributed by atoms with van der Waals surface area (Å²) in [5.74, 6) is -0.478. The highest BCUT2D eigenvalue weighted by Crippen LogP contribution is 2.35.